The molecule has 7 heteroatoms. The Kier molecular flexibility index (Phi) is 4.50. The van der Waals surface area contributed by atoms with Crippen molar-refractivity contribution in [3.63, 3.8) is 0 Å². The van der Waals surface area contributed by atoms with Crippen molar-refractivity contribution in [1.82, 2.24) is 4.90 Å². The highest BCUT2D eigenvalue weighted by Gasteiger charge is 2.37. The van der Waals surface area contributed by atoms with E-state index in [1.165, 1.54) is 29.2 Å². The summed E-state index contributed by atoms with van der Waals surface area (Å²) in [6, 6.07) is 8.04. The number of nitrogens with zero attached hydrogens (tertiary/aromatic N) is 1. The summed E-state index contributed by atoms with van der Waals surface area (Å²) in [7, 11) is 0. The van der Waals surface area contributed by atoms with Crippen LogP contribution in [-0.4, -0.2) is 34.5 Å². The quantitative estimate of drug-likeness (QED) is 0.892. The summed E-state index contributed by atoms with van der Waals surface area (Å²) in [5.41, 5.74) is 5.58. The van der Waals surface area contributed by atoms with Crippen LogP contribution in [0.1, 0.15) is 38.7 Å². The summed E-state index contributed by atoms with van der Waals surface area (Å²) in [5.74, 6) is -2.44. The molecule has 2 amide bonds. The molecule has 1 fully saturated rings. The third kappa shape index (κ3) is 3.36. The first-order valence-electron chi connectivity index (χ1n) is 7.70. The second-order valence-corrected chi connectivity index (χ2v) is 5.97. The van der Waals surface area contributed by atoms with Crippen molar-refractivity contribution in [2.24, 2.45) is 5.73 Å². The summed E-state index contributed by atoms with van der Waals surface area (Å²) < 4.78 is 27.6. The minimum Gasteiger partial charge on any atom is -0.391 e. The van der Waals surface area contributed by atoms with E-state index in [9.17, 15) is 23.5 Å². The molecule has 1 heterocycles. The highest BCUT2D eigenvalue weighted by atomic mass is 19.1. The average Bonchev–Trinajstić information content (AvgIpc) is 2.98. The first-order valence-corrected chi connectivity index (χ1v) is 7.70. The lowest BCUT2D eigenvalue weighted by molar-refractivity contribution is 0.0713. The van der Waals surface area contributed by atoms with Crippen molar-refractivity contribution in [3.05, 3.63) is 70.8 Å². The molecule has 0 aliphatic carbocycles. The molecule has 5 nitrogen and oxygen atoms in total. The fourth-order valence-corrected chi connectivity index (χ4v) is 3.07. The molecule has 130 valence electrons. The van der Waals surface area contributed by atoms with Crippen LogP contribution in [0.25, 0.3) is 0 Å². The van der Waals surface area contributed by atoms with E-state index in [4.69, 9.17) is 5.73 Å². The van der Waals surface area contributed by atoms with Gasteiger partial charge in [-0.2, -0.15) is 0 Å². The van der Waals surface area contributed by atoms with Crippen molar-refractivity contribution in [2.45, 2.75) is 18.6 Å². The fourth-order valence-electron chi connectivity index (χ4n) is 3.07. The van der Waals surface area contributed by atoms with Crippen molar-refractivity contribution in [1.29, 1.82) is 0 Å². The molecule has 1 aliphatic rings. The maximum atomic E-state index is 14.1. The molecular weight excluding hydrogens is 330 g/mol. The summed E-state index contributed by atoms with van der Waals surface area (Å²) in [6.45, 7) is -0.0136. The number of amides is 2. The third-order valence-electron chi connectivity index (χ3n) is 4.25. The first kappa shape index (κ1) is 17.0. The zero-order valence-electron chi connectivity index (χ0n) is 13.2. The molecule has 2 atom stereocenters. The van der Waals surface area contributed by atoms with Crippen LogP contribution in [0.3, 0.4) is 0 Å². The van der Waals surface area contributed by atoms with E-state index in [0.29, 0.717) is 0 Å². The lowest BCUT2D eigenvalue weighted by Gasteiger charge is -2.25. The lowest BCUT2D eigenvalue weighted by atomic mass is 10.0. The zero-order chi connectivity index (χ0) is 18.1. The summed E-state index contributed by atoms with van der Waals surface area (Å²) in [6.07, 6.45) is -0.752. The van der Waals surface area contributed by atoms with E-state index in [-0.39, 0.29) is 29.7 Å². The summed E-state index contributed by atoms with van der Waals surface area (Å²) >= 11 is 0. The standard InChI is InChI=1S/C18H16F2N2O3/c19-12-4-5-15(20)14(7-12)16-8-13(23)9-22(16)18(25)11-3-1-2-10(6-11)17(21)24/h1-7,13,16,23H,8-9H2,(H2,21,24)/t13-,16-/m0/s1. The fraction of sp³-hybridized carbons (Fsp3) is 0.222. The number of β-amino-alcohol motifs (C(OH)–C–C–N with tert-alkyl or cyclic N) is 1. The molecule has 0 unspecified atom stereocenters. The van der Waals surface area contributed by atoms with Gasteiger partial charge in [0, 0.05) is 23.2 Å². The van der Waals surface area contributed by atoms with Crippen molar-refractivity contribution in [2.75, 3.05) is 6.54 Å². The molecule has 0 saturated carbocycles. The maximum absolute atomic E-state index is 14.1. The van der Waals surface area contributed by atoms with Crippen LogP contribution in [0.2, 0.25) is 0 Å². The molecule has 3 N–H and O–H groups in total. The van der Waals surface area contributed by atoms with Crippen LogP contribution >= 0.6 is 0 Å². The number of primary amides is 1. The molecule has 2 aromatic carbocycles. The molecule has 3 rings (SSSR count). The Morgan fingerprint density at radius 2 is 1.84 bits per heavy atom. The lowest BCUT2D eigenvalue weighted by Crippen LogP contribution is -2.32. The van der Waals surface area contributed by atoms with Crippen molar-refractivity contribution in [3.8, 4) is 0 Å². The second kappa shape index (κ2) is 6.60. The normalized spacial score (nSPS) is 19.9. The van der Waals surface area contributed by atoms with Crippen LogP contribution in [0.4, 0.5) is 8.78 Å². The first-order chi connectivity index (χ1) is 11.9. The topological polar surface area (TPSA) is 83.6 Å². The molecular formula is C18H16F2N2O3. The van der Waals surface area contributed by atoms with Gasteiger partial charge >= 0.3 is 0 Å². The smallest absolute Gasteiger partial charge is 0.254 e. The molecule has 0 bridgehead atoms. The number of aliphatic hydroxyl groups excluding tert-OH is 1. The van der Waals surface area contributed by atoms with Gasteiger partial charge in [-0.1, -0.05) is 6.07 Å². The van der Waals surface area contributed by atoms with E-state index in [2.05, 4.69) is 0 Å². The van der Waals surface area contributed by atoms with Crippen LogP contribution in [0, 0.1) is 11.6 Å². The second-order valence-electron chi connectivity index (χ2n) is 5.97. The van der Waals surface area contributed by atoms with E-state index >= 15 is 0 Å². The Balaban J connectivity index is 1.96. The molecule has 0 radical (unpaired) electrons. The monoisotopic (exact) mass is 346 g/mol. The van der Waals surface area contributed by atoms with E-state index in [0.717, 1.165) is 18.2 Å². The minimum absolute atomic E-state index is 0.0101. The number of nitrogens with two attached hydrogens (primary N) is 1. The predicted octanol–water partition coefficient (Wildman–Crippen LogP) is 2.01. The number of carbonyl (C=O) groups excluding carboxylic acids is 2. The number of benzene rings is 2. The molecule has 1 saturated heterocycles. The molecule has 2 aromatic rings. The van der Waals surface area contributed by atoms with Crippen LogP contribution in [-0.2, 0) is 0 Å². The number of aliphatic hydroxyl groups is 1. The Bertz CT molecular complexity index is 841. The molecule has 1 aliphatic heterocycles. The number of likely N-dealkylation sites (tertiary alicyclic amines) is 1. The van der Waals surface area contributed by atoms with Gasteiger partial charge in [-0.15, -0.1) is 0 Å². The van der Waals surface area contributed by atoms with E-state index in [1.54, 1.807) is 0 Å². The highest BCUT2D eigenvalue weighted by Crippen LogP contribution is 2.35. The number of carbonyl (C=O) groups is 2. The van der Waals surface area contributed by atoms with Gasteiger partial charge in [-0.25, -0.2) is 8.78 Å². The van der Waals surface area contributed by atoms with Gasteiger partial charge in [0.05, 0.1) is 12.1 Å². The number of hydrogen-bond acceptors (Lipinski definition) is 3. The SMILES string of the molecule is NC(=O)c1cccc(C(=O)N2C[C@@H](O)C[C@H]2c2cc(F)ccc2F)c1. The van der Waals surface area contributed by atoms with Crippen LogP contribution in [0.5, 0.6) is 0 Å². The third-order valence-corrected chi connectivity index (χ3v) is 4.25. The van der Waals surface area contributed by atoms with Gasteiger partial charge in [0.2, 0.25) is 5.91 Å². The number of rotatable bonds is 3. The predicted molar refractivity (Wildman–Crippen MR) is 85.7 cm³/mol. The van der Waals surface area contributed by atoms with Crippen molar-refractivity contribution >= 4 is 11.8 Å². The highest BCUT2D eigenvalue weighted by molar-refractivity contribution is 5.99. The molecule has 0 aromatic heterocycles. The van der Waals surface area contributed by atoms with E-state index < -0.39 is 35.6 Å². The Morgan fingerprint density at radius 3 is 2.56 bits per heavy atom. The largest absolute Gasteiger partial charge is 0.391 e. The van der Waals surface area contributed by atoms with Gasteiger partial charge in [-0.05, 0) is 42.8 Å². The molecule has 0 spiro atoms. The van der Waals surface area contributed by atoms with Crippen molar-refractivity contribution < 1.29 is 23.5 Å². The van der Waals surface area contributed by atoms with Crippen LogP contribution in [0.15, 0.2) is 42.5 Å². The van der Waals surface area contributed by atoms with Gasteiger partial charge in [0.25, 0.3) is 5.91 Å². The van der Waals surface area contributed by atoms with Gasteiger partial charge < -0.3 is 15.7 Å². The van der Waals surface area contributed by atoms with Gasteiger partial charge in [-0.3, -0.25) is 9.59 Å². The summed E-state index contributed by atoms with van der Waals surface area (Å²) in [4.78, 5) is 25.4. The maximum Gasteiger partial charge on any atom is 0.254 e. The Labute approximate surface area is 142 Å². The number of hydrogen-bond donors (Lipinski definition) is 2. The summed E-state index contributed by atoms with van der Waals surface area (Å²) in [5, 5.41) is 9.95. The Hall–Kier alpha value is -2.80. The van der Waals surface area contributed by atoms with Gasteiger partial charge in [0.1, 0.15) is 11.6 Å². The average molecular weight is 346 g/mol. The Morgan fingerprint density at radius 1 is 1.12 bits per heavy atom. The zero-order valence-corrected chi connectivity index (χ0v) is 13.2. The number of halogens is 2. The van der Waals surface area contributed by atoms with Crippen LogP contribution < -0.4 is 5.73 Å². The minimum atomic E-state index is -0.851. The van der Waals surface area contributed by atoms with Gasteiger partial charge in [0.15, 0.2) is 0 Å². The molecule has 25 heavy (non-hydrogen) atoms. The van der Waals surface area contributed by atoms with E-state index in [1.807, 2.05) is 0 Å².